The summed E-state index contributed by atoms with van der Waals surface area (Å²) in [5.41, 5.74) is -1.84. The maximum absolute atomic E-state index is 13.6. The molecule has 0 radical (unpaired) electrons. The molecule has 1 amide bonds. The number of alkyl halides is 3. The summed E-state index contributed by atoms with van der Waals surface area (Å²) in [6, 6.07) is 6.52. The molecule has 0 heterocycles. The monoisotopic (exact) mass is 376 g/mol. The number of benzene rings is 2. The van der Waals surface area contributed by atoms with Gasteiger partial charge in [-0.05, 0) is 30.3 Å². The van der Waals surface area contributed by atoms with Crippen LogP contribution in [0.1, 0.15) is 12.5 Å². The van der Waals surface area contributed by atoms with Crippen LogP contribution >= 0.6 is 0 Å². The number of carbonyl (C=O) groups is 1. The Balaban J connectivity index is 2.42. The third-order valence-electron chi connectivity index (χ3n) is 3.01. The third-order valence-corrected chi connectivity index (χ3v) is 4.45. The molecular weight excluding hydrogens is 364 g/mol. The van der Waals surface area contributed by atoms with Gasteiger partial charge in [0, 0.05) is 6.92 Å². The molecule has 5 nitrogen and oxygen atoms in total. The Morgan fingerprint density at radius 3 is 2.32 bits per heavy atom. The smallest absolute Gasteiger partial charge is 0.324 e. The van der Waals surface area contributed by atoms with Gasteiger partial charge in [0.1, 0.15) is 5.82 Å². The highest BCUT2D eigenvalue weighted by Gasteiger charge is 2.36. The molecule has 10 heteroatoms. The van der Waals surface area contributed by atoms with Gasteiger partial charge in [-0.1, -0.05) is 12.1 Å². The van der Waals surface area contributed by atoms with Gasteiger partial charge in [-0.2, -0.15) is 13.2 Å². The average molecular weight is 376 g/mol. The van der Waals surface area contributed by atoms with Crippen molar-refractivity contribution in [1.29, 1.82) is 0 Å². The van der Waals surface area contributed by atoms with E-state index >= 15 is 0 Å². The first-order valence-electron chi connectivity index (χ1n) is 6.77. The van der Waals surface area contributed by atoms with E-state index in [9.17, 15) is 30.8 Å². The number of hydrogen-bond acceptors (Lipinski definition) is 3. The number of rotatable bonds is 4. The fourth-order valence-corrected chi connectivity index (χ4v) is 3.30. The SMILES string of the molecule is CC(=O)Nc1cc(NS(=O)(=O)c2ccccc2C(F)(F)F)ccc1F. The van der Waals surface area contributed by atoms with Gasteiger partial charge >= 0.3 is 6.18 Å². The first-order chi connectivity index (χ1) is 11.5. The van der Waals surface area contributed by atoms with E-state index in [0.717, 1.165) is 43.3 Å². The average Bonchev–Trinajstić information content (AvgIpc) is 2.49. The minimum atomic E-state index is -4.87. The number of carbonyl (C=O) groups excluding carboxylic acids is 1. The molecule has 2 aromatic carbocycles. The Kier molecular flexibility index (Phi) is 5.02. The van der Waals surface area contributed by atoms with E-state index < -0.39 is 38.4 Å². The number of amides is 1. The van der Waals surface area contributed by atoms with Crippen molar-refractivity contribution < 1.29 is 30.8 Å². The van der Waals surface area contributed by atoms with E-state index in [-0.39, 0.29) is 11.4 Å². The number of hydrogen-bond donors (Lipinski definition) is 2. The van der Waals surface area contributed by atoms with Gasteiger partial charge in [0.2, 0.25) is 5.91 Å². The highest BCUT2D eigenvalue weighted by molar-refractivity contribution is 7.92. The third kappa shape index (κ3) is 4.47. The van der Waals surface area contributed by atoms with Gasteiger partial charge in [0.05, 0.1) is 21.8 Å². The van der Waals surface area contributed by atoms with Crippen molar-refractivity contribution in [3.8, 4) is 0 Å². The molecule has 25 heavy (non-hydrogen) atoms. The Bertz CT molecular complexity index is 911. The molecule has 0 spiro atoms. The van der Waals surface area contributed by atoms with Crippen LogP contribution in [0.2, 0.25) is 0 Å². The lowest BCUT2D eigenvalue weighted by atomic mass is 10.2. The molecule has 0 fully saturated rings. The predicted molar refractivity (Wildman–Crippen MR) is 83.0 cm³/mol. The highest BCUT2D eigenvalue weighted by Crippen LogP contribution is 2.34. The topological polar surface area (TPSA) is 75.3 Å². The second kappa shape index (κ2) is 6.71. The fraction of sp³-hybridized carbons (Fsp3) is 0.133. The zero-order chi connectivity index (χ0) is 18.8. The Labute approximate surface area is 140 Å². The lowest BCUT2D eigenvalue weighted by Crippen LogP contribution is -2.19. The van der Waals surface area contributed by atoms with Gasteiger partial charge in [-0.3, -0.25) is 9.52 Å². The van der Waals surface area contributed by atoms with E-state index in [1.165, 1.54) is 0 Å². The molecular formula is C15H12F4N2O3S. The van der Waals surface area contributed by atoms with Crippen molar-refractivity contribution in [2.24, 2.45) is 0 Å². The summed E-state index contributed by atoms with van der Waals surface area (Å²) in [6.07, 6.45) is -4.87. The molecule has 0 saturated carbocycles. The number of sulfonamides is 1. The van der Waals surface area contributed by atoms with E-state index in [4.69, 9.17) is 0 Å². The predicted octanol–water partition coefficient (Wildman–Crippen LogP) is 3.60. The van der Waals surface area contributed by atoms with Crippen LogP contribution in [0.3, 0.4) is 0 Å². The van der Waals surface area contributed by atoms with Crippen molar-refractivity contribution in [1.82, 2.24) is 0 Å². The molecule has 2 aromatic rings. The summed E-state index contributed by atoms with van der Waals surface area (Å²) in [7, 11) is -4.59. The summed E-state index contributed by atoms with van der Waals surface area (Å²) in [4.78, 5) is 10.0. The lowest BCUT2D eigenvalue weighted by Gasteiger charge is -2.15. The van der Waals surface area contributed by atoms with E-state index in [0.29, 0.717) is 6.07 Å². The second-order valence-electron chi connectivity index (χ2n) is 4.98. The van der Waals surface area contributed by atoms with E-state index in [1.54, 1.807) is 0 Å². The molecule has 0 aromatic heterocycles. The van der Waals surface area contributed by atoms with Crippen LogP contribution in [-0.4, -0.2) is 14.3 Å². The van der Waals surface area contributed by atoms with Crippen molar-refractivity contribution in [3.05, 3.63) is 53.8 Å². The van der Waals surface area contributed by atoms with Gasteiger partial charge in [-0.15, -0.1) is 0 Å². The standard InChI is InChI=1S/C15H12F4N2O3S/c1-9(22)20-13-8-10(6-7-12(13)16)21-25(23,24)14-5-3-2-4-11(14)15(17,18)19/h2-8,21H,1H3,(H,20,22). The largest absolute Gasteiger partial charge is 0.417 e. The maximum Gasteiger partial charge on any atom is 0.417 e. The van der Waals surface area contributed by atoms with Crippen LogP contribution in [0, 0.1) is 5.82 Å². The minimum Gasteiger partial charge on any atom is -0.324 e. The zero-order valence-corrected chi connectivity index (χ0v) is 13.5. The Morgan fingerprint density at radius 1 is 1.08 bits per heavy atom. The first kappa shape index (κ1) is 18.7. The summed E-state index contributed by atoms with van der Waals surface area (Å²) < 4.78 is 79.1. The van der Waals surface area contributed by atoms with Crippen LogP contribution in [0.4, 0.5) is 28.9 Å². The van der Waals surface area contributed by atoms with E-state index in [2.05, 4.69) is 5.32 Å². The normalized spacial score (nSPS) is 11.9. The van der Waals surface area contributed by atoms with Gasteiger partial charge in [0.25, 0.3) is 10.0 Å². The summed E-state index contributed by atoms with van der Waals surface area (Å²) in [5.74, 6) is -1.42. The Hall–Kier alpha value is -2.62. The van der Waals surface area contributed by atoms with Crippen LogP contribution < -0.4 is 10.0 Å². The Morgan fingerprint density at radius 2 is 1.72 bits per heavy atom. The molecule has 0 aliphatic rings. The summed E-state index contributed by atoms with van der Waals surface area (Å²) in [6.45, 7) is 1.12. The van der Waals surface area contributed by atoms with Crippen LogP contribution in [-0.2, 0) is 21.0 Å². The van der Waals surface area contributed by atoms with Crippen molar-refractivity contribution >= 4 is 27.3 Å². The second-order valence-corrected chi connectivity index (χ2v) is 6.63. The van der Waals surface area contributed by atoms with E-state index in [1.807, 2.05) is 4.72 Å². The summed E-state index contributed by atoms with van der Waals surface area (Å²) >= 11 is 0. The molecule has 0 aliphatic carbocycles. The van der Waals surface area contributed by atoms with Crippen molar-refractivity contribution in [2.45, 2.75) is 18.0 Å². The van der Waals surface area contributed by atoms with Gasteiger partial charge in [-0.25, -0.2) is 12.8 Å². The molecule has 0 bridgehead atoms. The molecule has 2 N–H and O–H groups in total. The van der Waals surface area contributed by atoms with Gasteiger partial charge in [0.15, 0.2) is 0 Å². The number of halogens is 4. The minimum absolute atomic E-state index is 0.206. The van der Waals surface area contributed by atoms with Crippen molar-refractivity contribution in [2.75, 3.05) is 10.0 Å². The molecule has 0 unspecified atom stereocenters. The number of anilines is 2. The molecule has 2 rings (SSSR count). The van der Waals surface area contributed by atoms with Gasteiger partial charge < -0.3 is 5.32 Å². The van der Waals surface area contributed by atoms with Crippen LogP contribution in [0.5, 0.6) is 0 Å². The molecule has 0 saturated heterocycles. The molecule has 0 atom stereocenters. The lowest BCUT2D eigenvalue weighted by molar-refractivity contribution is -0.139. The fourth-order valence-electron chi connectivity index (χ4n) is 2.02. The zero-order valence-electron chi connectivity index (χ0n) is 12.7. The van der Waals surface area contributed by atoms with Crippen LogP contribution in [0.15, 0.2) is 47.4 Å². The molecule has 0 aliphatic heterocycles. The quantitative estimate of drug-likeness (QED) is 0.801. The van der Waals surface area contributed by atoms with Crippen molar-refractivity contribution in [3.63, 3.8) is 0 Å². The molecule has 134 valence electrons. The highest BCUT2D eigenvalue weighted by atomic mass is 32.2. The van der Waals surface area contributed by atoms with Crippen LogP contribution in [0.25, 0.3) is 0 Å². The maximum atomic E-state index is 13.6. The summed E-state index contributed by atoms with van der Waals surface area (Å²) in [5, 5.41) is 2.15. The number of nitrogens with one attached hydrogen (secondary N) is 2. The first-order valence-corrected chi connectivity index (χ1v) is 8.25.